The topological polar surface area (TPSA) is 55.7 Å². The molecule has 0 radical (unpaired) electrons. The summed E-state index contributed by atoms with van der Waals surface area (Å²) in [6.45, 7) is 11.0. The van der Waals surface area contributed by atoms with Crippen LogP contribution in [0.25, 0.3) is 0 Å². The Balaban J connectivity index is 1.77. The molecule has 0 atom stereocenters. The van der Waals surface area contributed by atoms with Crippen LogP contribution in [0, 0.1) is 13.8 Å². The molecule has 0 amide bonds. The number of benzene rings is 2. The average Bonchev–Trinajstić information content (AvgIpc) is 3.10. The second-order valence-electron chi connectivity index (χ2n) is 8.27. The number of methoxy groups -OCH3 is 1. The Labute approximate surface area is 182 Å². The molecule has 1 N–H and O–H groups in total. The van der Waals surface area contributed by atoms with E-state index in [2.05, 4.69) is 61.4 Å². The van der Waals surface area contributed by atoms with E-state index in [9.17, 15) is 0 Å². The second kappa shape index (κ2) is 9.30. The van der Waals surface area contributed by atoms with Gasteiger partial charge in [0.2, 0.25) is 5.13 Å². The predicted octanol–water partition coefficient (Wildman–Crippen LogP) is 6.09. The molecule has 6 heteroatoms. The van der Waals surface area contributed by atoms with Crippen LogP contribution in [0.5, 0.6) is 11.5 Å². The van der Waals surface area contributed by atoms with Gasteiger partial charge in [-0.05, 0) is 60.2 Å². The fourth-order valence-corrected chi connectivity index (χ4v) is 3.72. The number of aromatic nitrogens is 1. The van der Waals surface area contributed by atoms with Crippen LogP contribution < -0.4 is 14.9 Å². The number of hydrogen-bond acceptors (Lipinski definition) is 6. The van der Waals surface area contributed by atoms with Gasteiger partial charge in [0.1, 0.15) is 18.1 Å². The Kier molecular flexibility index (Phi) is 6.77. The number of hydrazone groups is 1. The monoisotopic (exact) mass is 423 g/mol. The van der Waals surface area contributed by atoms with E-state index in [-0.39, 0.29) is 5.41 Å². The minimum Gasteiger partial charge on any atom is -0.496 e. The predicted molar refractivity (Wildman–Crippen MR) is 125 cm³/mol. The smallest absolute Gasteiger partial charge is 0.203 e. The van der Waals surface area contributed by atoms with Crippen molar-refractivity contribution in [2.45, 2.75) is 46.6 Å². The number of hydrogen-bond donors (Lipinski definition) is 1. The summed E-state index contributed by atoms with van der Waals surface area (Å²) in [7, 11) is 1.67. The van der Waals surface area contributed by atoms with Gasteiger partial charge in [-0.15, -0.1) is 11.3 Å². The molecule has 30 heavy (non-hydrogen) atoms. The summed E-state index contributed by atoms with van der Waals surface area (Å²) in [4.78, 5) is 4.34. The summed E-state index contributed by atoms with van der Waals surface area (Å²) in [6, 6.07) is 12.3. The van der Waals surface area contributed by atoms with Crippen molar-refractivity contribution in [2.24, 2.45) is 5.10 Å². The Morgan fingerprint density at radius 3 is 2.57 bits per heavy atom. The Hall–Kier alpha value is -2.86. The summed E-state index contributed by atoms with van der Waals surface area (Å²) in [6.07, 6.45) is 1.77. The lowest BCUT2D eigenvalue weighted by Gasteiger charge is -2.23. The molecule has 0 aliphatic rings. The number of aryl methyl sites for hydroxylation is 2. The largest absolute Gasteiger partial charge is 0.496 e. The van der Waals surface area contributed by atoms with E-state index >= 15 is 0 Å². The van der Waals surface area contributed by atoms with Crippen molar-refractivity contribution in [3.05, 3.63) is 69.7 Å². The van der Waals surface area contributed by atoms with E-state index in [0.717, 1.165) is 33.5 Å². The third kappa shape index (κ3) is 5.60. The number of nitrogens with one attached hydrogen (secondary N) is 1. The third-order valence-electron chi connectivity index (χ3n) is 4.63. The van der Waals surface area contributed by atoms with Crippen LogP contribution in [-0.2, 0) is 12.0 Å². The zero-order chi connectivity index (χ0) is 21.7. The van der Waals surface area contributed by atoms with Gasteiger partial charge in [-0.1, -0.05) is 32.9 Å². The van der Waals surface area contributed by atoms with Crippen LogP contribution in [0.4, 0.5) is 5.13 Å². The van der Waals surface area contributed by atoms with Crippen molar-refractivity contribution >= 4 is 22.7 Å². The molecule has 0 aliphatic heterocycles. The van der Waals surface area contributed by atoms with Crippen molar-refractivity contribution in [1.29, 1.82) is 0 Å². The van der Waals surface area contributed by atoms with Gasteiger partial charge in [0.15, 0.2) is 0 Å². The molecule has 158 valence electrons. The molecule has 3 rings (SSSR count). The molecule has 0 unspecified atom stereocenters. The normalized spacial score (nSPS) is 11.7. The molecule has 0 saturated heterocycles. The van der Waals surface area contributed by atoms with E-state index < -0.39 is 0 Å². The average molecular weight is 424 g/mol. The second-order valence-corrected chi connectivity index (χ2v) is 9.13. The zero-order valence-corrected chi connectivity index (χ0v) is 19.3. The standard InChI is InChI=1S/C24H29N3O2S/c1-16-7-9-20(24(3,4)5)22(11-16)29-14-19-12-18(8-10-21(19)28-6)13-25-27-23-26-17(2)15-30-23/h7-13,15H,14H2,1-6H3,(H,26,27). The van der Waals surface area contributed by atoms with Crippen LogP contribution in [0.3, 0.4) is 0 Å². The maximum Gasteiger partial charge on any atom is 0.203 e. The molecule has 0 spiro atoms. The van der Waals surface area contributed by atoms with Gasteiger partial charge in [-0.3, -0.25) is 5.43 Å². The van der Waals surface area contributed by atoms with Gasteiger partial charge in [0.25, 0.3) is 0 Å². The fourth-order valence-electron chi connectivity index (χ4n) is 3.08. The molecule has 1 heterocycles. The van der Waals surface area contributed by atoms with Crippen LogP contribution in [0.15, 0.2) is 46.9 Å². The van der Waals surface area contributed by atoms with Crippen LogP contribution in [0.2, 0.25) is 0 Å². The van der Waals surface area contributed by atoms with Crippen molar-refractivity contribution in [2.75, 3.05) is 12.5 Å². The van der Waals surface area contributed by atoms with Gasteiger partial charge in [-0.25, -0.2) is 4.98 Å². The molecule has 0 bridgehead atoms. The third-order valence-corrected chi connectivity index (χ3v) is 5.49. The number of thiazole rings is 1. The van der Waals surface area contributed by atoms with E-state index in [4.69, 9.17) is 9.47 Å². The number of anilines is 1. The summed E-state index contributed by atoms with van der Waals surface area (Å²) in [5.74, 6) is 1.70. The number of rotatable bonds is 7. The molecule has 1 aromatic heterocycles. The van der Waals surface area contributed by atoms with Gasteiger partial charge < -0.3 is 9.47 Å². The lowest BCUT2D eigenvalue weighted by Crippen LogP contribution is -2.13. The highest BCUT2D eigenvalue weighted by Gasteiger charge is 2.19. The molecule has 3 aromatic rings. The maximum absolute atomic E-state index is 6.26. The highest BCUT2D eigenvalue weighted by atomic mass is 32.1. The first-order valence-corrected chi connectivity index (χ1v) is 10.8. The summed E-state index contributed by atoms with van der Waals surface area (Å²) in [5, 5.41) is 7.05. The van der Waals surface area contributed by atoms with Crippen molar-refractivity contribution in [3.63, 3.8) is 0 Å². The Morgan fingerprint density at radius 2 is 1.90 bits per heavy atom. The van der Waals surface area contributed by atoms with Crippen LogP contribution in [0.1, 0.15) is 48.7 Å². The number of ether oxygens (including phenoxy) is 2. The summed E-state index contributed by atoms with van der Waals surface area (Å²) in [5.41, 5.74) is 8.23. The summed E-state index contributed by atoms with van der Waals surface area (Å²) >= 11 is 1.53. The Morgan fingerprint density at radius 1 is 1.10 bits per heavy atom. The fraction of sp³-hybridized carbons (Fsp3) is 0.333. The quantitative estimate of drug-likeness (QED) is 0.369. The highest BCUT2D eigenvalue weighted by Crippen LogP contribution is 2.33. The molecule has 0 saturated carbocycles. The first kappa shape index (κ1) is 21.8. The van der Waals surface area contributed by atoms with E-state index in [1.54, 1.807) is 13.3 Å². The molecule has 0 aliphatic carbocycles. The van der Waals surface area contributed by atoms with Crippen LogP contribution >= 0.6 is 11.3 Å². The zero-order valence-electron chi connectivity index (χ0n) is 18.4. The van der Waals surface area contributed by atoms with Crippen molar-refractivity contribution in [3.8, 4) is 11.5 Å². The molecular formula is C24H29N3O2S. The van der Waals surface area contributed by atoms with Gasteiger partial charge in [0, 0.05) is 10.9 Å². The first-order valence-electron chi connectivity index (χ1n) is 9.88. The van der Waals surface area contributed by atoms with E-state index in [0.29, 0.717) is 6.61 Å². The lowest BCUT2D eigenvalue weighted by atomic mass is 9.86. The minimum atomic E-state index is 0.00147. The van der Waals surface area contributed by atoms with Gasteiger partial charge in [-0.2, -0.15) is 5.10 Å². The van der Waals surface area contributed by atoms with Gasteiger partial charge >= 0.3 is 0 Å². The number of nitrogens with zero attached hydrogens (tertiary/aromatic N) is 2. The Bertz CT molecular complexity index is 1040. The maximum atomic E-state index is 6.26. The van der Waals surface area contributed by atoms with Crippen molar-refractivity contribution < 1.29 is 9.47 Å². The van der Waals surface area contributed by atoms with Crippen molar-refractivity contribution in [1.82, 2.24) is 4.98 Å². The van der Waals surface area contributed by atoms with Crippen LogP contribution in [-0.4, -0.2) is 18.3 Å². The molecular weight excluding hydrogens is 394 g/mol. The molecule has 2 aromatic carbocycles. The molecule has 0 fully saturated rings. The van der Waals surface area contributed by atoms with E-state index in [1.165, 1.54) is 22.5 Å². The minimum absolute atomic E-state index is 0.00147. The summed E-state index contributed by atoms with van der Waals surface area (Å²) < 4.78 is 11.8. The SMILES string of the molecule is COc1ccc(C=NNc2nc(C)cs2)cc1COc1cc(C)ccc1C(C)(C)C. The van der Waals surface area contributed by atoms with E-state index in [1.807, 2.05) is 30.5 Å². The molecule has 5 nitrogen and oxygen atoms in total. The first-order chi connectivity index (χ1) is 14.3. The highest BCUT2D eigenvalue weighted by molar-refractivity contribution is 7.13. The van der Waals surface area contributed by atoms with Gasteiger partial charge in [0.05, 0.1) is 19.0 Å². The lowest BCUT2D eigenvalue weighted by molar-refractivity contribution is 0.289.